The van der Waals surface area contributed by atoms with Crippen LogP contribution in [0.5, 0.6) is 0 Å². The standard InChI is InChI=1S/C42H76N7O17P3S/c1-4-5-6-7-8-9-10-11-12-13-14-15-16-17-18-19-20-21-22-33(51)70-26-25-44-32(50)23-24-45-40(54)37(53)42(2,3)28-63-69(60,61)66-68(58,59)62-27-31-36(65-67(55,56)57)35(52)41(64-31)49-30-48-34-38(43)46-29-47-39(34)49/h29-31,35-37,41,52-53H,4-28H2,1-3H3,(H,44,50)(H,45,54)(H,58,59)(H,60,61)(H2,43,46,47)(H2,55,56,57)/t31-,35-,36-,37+,41-/m1/s1. The summed E-state index contributed by atoms with van der Waals surface area (Å²) >= 11 is 1.16. The summed E-state index contributed by atoms with van der Waals surface area (Å²) < 4.78 is 62.5. The number of fused-ring (bicyclic) bond motifs is 1. The Hall–Kier alpha value is -2.44. The highest BCUT2D eigenvalue weighted by atomic mass is 32.2. The number of ether oxygens (including phenoxy) is 1. The van der Waals surface area contributed by atoms with E-state index in [4.69, 9.17) is 19.5 Å². The van der Waals surface area contributed by atoms with Crippen LogP contribution >= 0.6 is 35.2 Å². The molecule has 2 unspecified atom stereocenters. The molecule has 1 fully saturated rings. The number of nitrogens with two attached hydrogens (primary N) is 1. The fraction of sp³-hybridized carbons (Fsp3) is 0.810. The maximum atomic E-state index is 12.8. The van der Waals surface area contributed by atoms with Gasteiger partial charge in [0.1, 0.15) is 36.3 Å². The molecule has 0 bridgehead atoms. The van der Waals surface area contributed by atoms with E-state index in [1.165, 1.54) is 110 Å². The number of unbranched alkanes of at least 4 members (excludes halogenated alkanes) is 17. The number of aromatic nitrogens is 4. The van der Waals surface area contributed by atoms with Gasteiger partial charge in [0.25, 0.3) is 0 Å². The number of aliphatic hydroxyl groups excluding tert-OH is 2. The number of nitrogens with zero attached hydrogens (tertiary/aromatic N) is 4. The molecule has 28 heteroatoms. The summed E-state index contributed by atoms with van der Waals surface area (Å²) in [5.41, 5.74) is 4.29. The van der Waals surface area contributed by atoms with E-state index < -0.39 is 84.6 Å². The second-order valence-corrected chi connectivity index (χ2v) is 23.4. The van der Waals surface area contributed by atoms with Crippen molar-refractivity contribution in [2.45, 2.75) is 180 Å². The molecular weight excluding hydrogens is 999 g/mol. The van der Waals surface area contributed by atoms with Crippen LogP contribution in [0.15, 0.2) is 12.7 Å². The van der Waals surface area contributed by atoms with E-state index in [0.717, 1.165) is 48.2 Å². The molecule has 70 heavy (non-hydrogen) atoms. The van der Waals surface area contributed by atoms with Crippen molar-refractivity contribution in [3.05, 3.63) is 12.7 Å². The molecule has 1 aliphatic heterocycles. The van der Waals surface area contributed by atoms with Crippen LogP contribution in [0.1, 0.15) is 155 Å². The number of anilines is 1. The number of hydrogen-bond donors (Lipinski definition) is 9. The minimum absolute atomic E-state index is 0.0343. The van der Waals surface area contributed by atoms with Gasteiger partial charge in [-0.1, -0.05) is 142 Å². The molecule has 1 aliphatic rings. The van der Waals surface area contributed by atoms with E-state index in [9.17, 15) is 57.9 Å². The van der Waals surface area contributed by atoms with Gasteiger partial charge < -0.3 is 50.9 Å². The molecule has 7 atom stereocenters. The van der Waals surface area contributed by atoms with Crippen LogP contribution in [0, 0.1) is 5.41 Å². The Labute approximate surface area is 414 Å². The van der Waals surface area contributed by atoms with Gasteiger partial charge in [0.15, 0.2) is 22.8 Å². The minimum atomic E-state index is -5.58. The average Bonchev–Trinajstić information content (AvgIpc) is 3.85. The lowest BCUT2D eigenvalue weighted by molar-refractivity contribution is -0.137. The van der Waals surface area contributed by atoms with Crippen molar-refractivity contribution in [2.24, 2.45) is 5.41 Å². The van der Waals surface area contributed by atoms with Crippen molar-refractivity contribution in [3.8, 4) is 0 Å². The maximum absolute atomic E-state index is 12.8. The van der Waals surface area contributed by atoms with Crippen LogP contribution in [-0.2, 0) is 50.7 Å². The SMILES string of the molecule is CCCCCCCCCCCCCCCCCCCCC(=O)SCCNC(=O)CCNC(=O)[C@H](O)C(C)(C)COP(=O)(O)OP(=O)(O)OC[C@H]1O[C@@H](n2cnc3c(N)ncnc32)[C@H](O)[C@@H]1OP(=O)(O)O. The Balaban J connectivity index is 1.26. The van der Waals surface area contributed by atoms with Crippen LogP contribution in [0.2, 0.25) is 0 Å². The highest BCUT2D eigenvalue weighted by molar-refractivity contribution is 8.13. The van der Waals surface area contributed by atoms with Gasteiger partial charge in [-0.2, -0.15) is 4.31 Å². The lowest BCUT2D eigenvalue weighted by Crippen LogP contribution is -2.46. The number of hydrogen-bond acceptors (Lipinski definition) is 18. The molecule has 10 N–H and O–H groups in total. The molecule has 3 rings (SSSR count). The van der Waals surface area contributed by atoms with Crippen molar-refractivity contribution in [2.75, 3.05) is 37.8 Å². The number of imidazole rings is 1. The number of phosphoric ester groups is 3. The Morgan fingerprint density at radius 3 is 1.94 bits per heavy atom. The van der Waals surface area contributed by atoms with E-state index >= 15 is 0 Å². The molecule has 3 heterocycles. The summed E-state index contributed by atoms with van der Waals surface area (Å²) in [6, 6.07) is 0. The van der Waals surface area contributed by atoms with Gasteiger partial charge in [0.05, 0.1) is 19.5 Å². The first-order chi connectivity index (χ1) is 33.1. The van der Waals surface area contributed by atoms with Crippen LogP contribution in [0.25, 0.3) is 11.2 Å². The normalized spacial score (nSPS) is 19.7. The summed E-state index contributed by atoms with van der Waals surface area (Å²) in [6.45, 7) is 2.84. The first kappa shape index (κ1) is 61.9. The summed E-state index contributed by atoms with van der Waals surface area (Å²) in [5, 5.41) is 26.7. The number of carbonyl (C=O) groups is 3. The van der Waals surface area contributed by atoms with Gasteiger partial charge in [0, 0.05) is 37.1 Å². The second kappa shape index (κ2) is 31.3. The number of nitrogen functional groups attached to an aromatic ring is 1. The summed E-state index contributed by atoms with van der Waals surface area (Å²) in [4.78, 5) is 88.5. The zero-order valence-corrected chi connectivity index (χ0v) is 44.0. The quantitative estimate of drug-likeness (QED) is 0.0271. The molecule has 2 aromatic heterocycles. The molecule has 0 radical (unpaired) electrons. The van der Waals surface area contributed by atoms with Crippen molar-refractivity contribution in [3.63, 3.8) is 0 Å². The van der Waals surface area contributed by atoms with E-state index in [2.05, 4.69) is 41.3 Å². The van der Waals surface area contributed by atoms with Gasteiger partial charge in [0.2, 0.25) is 11.8 Å². The summed E-state index contributed by atoms with van der Waals surface area (Å²) in [7, 11) is -16.4. The van der Waals surface area contributed by atoms with Crippen molar-refractivity contribution in [1.82, 2.24) is 30.2 Å². The number of amides is 2. The molecule has 24 nitrogen and oxygen atoms in total. The fourth-order valence-corrected chi connectivity index (χ4v) is 11.1. The lowest BCUT2D eigenvalue weighted by Gasteiger charge is -2.30. The monoisotopic (exact) mass is 1080 g/mol. The zero-order chi connectivity index (χ0) is 51.8. The predicted molar refractivity (Wildman–Crippen MR) is 260 cm³/mol. The first-order valence-corrected chi connectivity index (χ1v) is 29.6. The number of nitrogens with one attached hydrogen (secondary N) is 2. The van der Waals surface area contributed by atoms with E-state index in [-0.39, 0.29) is 41.6 Å². The predicted octanol–water partition coefficient (Wildman–Crippen LogP) is 6.10. The molecule has 2 aromatic rings. The van der Waals surface area contributed by atoms with Crippen LogP contribution in [-0.4, -0.2) is 123 Å². The van der Waals surface area contributed by atoms with E-state index in [1.807, 2.05) is 0 Å². The summed E-state index contributed by atoms with van der Waals surface area (Å²) in [5.74, 6) is -1.01. The lowest BCUT2D eigenvalue weighted by atomic mass is 9.87. The Morgan fingerprint density at radius 1 is 0.814 bits per heavy atom. The van der Waals surface area contributed by atoms with Gasteiger partial charge >= 0.3 is 23.5 Å². The maximum Gasteiger partial charge on any atom is 0.481 e. The number of phosphoric acid groups is 3. The largest absolute Gasteiger partial charge is 0.481 e. The molecule has 0 aliphatic carbocycles. The number of carbonyl (C=O) groups excluding carboxylic acids is 3. The van der Waals surface area contributed by atoms with E-state index in [1.54, 1.807) is 0 Å². The third-order valence-electron chi connectivity index (χ3n) is 11.5. The van der Waals surface area contributed by atoms with Gasteiger partial charge in [-0.3, -0.25) is 32.5 Å². The van der Waals surface area contributed by atoms with Gasteiger partial charge in [-0.15, -0.1) is 0 Å². The summed E-state index contributed by atoms with van der Waals surface area (Å²) in [6.07, 6.45) is 16.6. The highest BCUT2D eigenvalue weighted by Gasteiger charge is 2.50. The minimum Gasteiger partial charge on any atom is -0.386 e. The molecule has 0 aromatic carbocycles. The topological polar surface area (TPSA) is 364 Å². The highest BCUT2D eigenvalue weighted by Crippen LogP contribution is 2.61. The molecule has 0 saturated carbocycles. The average molecular weight is 1080 g/mol. The third kappa shape index (κ3) is 23.6. The molecule has 402 valence electrons. The Kier molecular flexibility index (Phi) is 27.7. The fourth-order valence-electron chi connectivity index (χ4n) is 7.54. The molecular formula is C42H76N7O17P3S. The van der Waals surface area contributed by atoms with Crippen LogP contribution in [0.3, 0.4) is 0 Å². The Bertz CT molecular complexity index is 2050. The third-order valence-corrected chi connectivity index (χ3v) is 15.5. The number of thioether (sulfide) groups is 1. The zero-order valence-electron chi connectivity index (χ0n) is 40.5. The molecule has 0 spiro atoms. The molecule has 2 amide bonds. The second-order valence-electron chi connectivity index (χ2n) is 18.1. The van der Waals surface area contributed by atoms with Crippen molar-refractivity contribution >= 4 is 69.1 Å². The number of aliphatic hydroxyl groups is 2. The van der Waals surface area contributed by atoms with Gasteiger partial charge in [-0.05, 0) is 6.42 Å². The van der Waals surface area contributed by atoms with Crippen molar-refractivity contribution in [1.29, 1.82) is 0 Å². The number of rotatable bonds is 38. The van der Waals surface area contributed by atoms with Crippen molar-refractivity contribution < 1.29 is 80.5 Å². The van der Waals surface area contributed by atoms with E-state index in [0.29, 0.717) is 12.2 Å². The Morgan fingerprint density at radius 2 is 1.37 bits per heavy atom. The smallest absolute Gasteiger partial charge is 0.386 e. The van der Waals surface area contributed by atoms with Gasteiger partial charge in [-0.25, -0.2) is 28.6 Å². The van der Waals surface area contributed by atoms with Crippen LogP contribution < -0.4 is 16.4 Å². The molecule has 1 saturated heterocycles. The van der Waals surface area contributed by atoms with Crippen LogP contribution in [0.4, 0.5) is 5.82 Å². The first-order valence-electron chi connectivity index (χ1n) is 24.1.